The Hall–Kier alpha value is -0.275. The maximum Gasteiger partial charge on any atom is 1.00 e. The van der Waals surface area contributed by atoms with Gasteiger partial charge in [0.2, 0.25) is 0 Å². The molecular weight excluding hydrogens is 292 g/mol. The molecule has 0 saturated carbocycles. The molecule has 0 aromatic carbocycles. The fourth-order valence-electron chi connectivity index (χ4n) is 1.05. The van der Waals surface area contributed by atoms with Gasteiger partial charge in [-0.3, -0.25) is 0 Å². The third-order valence-electron chi connectivity index (χ3n) is 1.56. The van der Waals surface area contributed by atoms with Gasteiger partial charge in [-0.1, -0.05) is 0 Å². The zero-order valence-electron chi connectivity index (χ0n) is 14.0. The average molecular weight is 308 g/mol. The molecule has 2 aliphatic heterocycles. The lowest BCUT2D eigenvalue weighted by atomic mass is 9.84. The van der Waals surface area contributed by atoms with Crippen molar-refractivity contribution in [2.24, 2.45) is 0 Å². The van der Waals surface area contributed by atoms with E-state index in [4.69, 9.17) is 0 Å². The van der Waals surface area contributed by atoms with Crippen LogP contribution in [0.25, 0.3) is 0 Å². The standard InChI is InChI=1S/B5O10.H3N.4H2O/c6-1-10-2(7)13-5(12-1)14-3(8)11-4(9)15-5;;;;;/h;1H3;4*1H2/q-5;;;;;/p+5. The van der Waals surface area contributed by atoms with Crippen molar-refractivity contribution in [1.82, 2.24) is 6.15 Å². The quantitative estimate of drug-likeness (QED) is 0.411. The van der Waals surface area contributed by atoms with Crippen LogP contribution < -0.4 is 26.2 Å². The number of hydrogen-bond acceptors (Lipinski definition) is 10. The van der Waals surface area contributed by atoms with Crippen molar-refractivity contribution in [2.45, 2.75) is 0 Å². The summed E-state index contributed by atoms with van der Waals surface area (Å²) in [6.45, 7) is -3.46. The van der Waals surface area contributed by atoms with Gasteiger partial charge in [-0.25, -0.2) is 0 Å². The Balaban J connectivity index is -0.0000000474. The number of hydrogen-bond donors (Lipinski definition) is 1. The maximum absolute atomic E-state index is 10.7. The summed E-state index contributed by atoms with van der Waals surface area (Å²) in [4.78, 5) is 0. The Kier molecular flexibility index (Phi) is 14.6. The molecule has 0 bridgehead atoms. The third kappa shape index (κ3) is 6.45. The summed E-state index contributed by atoms with van der Waals surface area (Å²) in [5, 5.41) is 42.9. The van der Waals surface area contributed by atoms with E-state index in [0.717, 1.165) is 0 Å². The molecule has 120 valence electrons. The van der Waals surface area contributed by atoms with Crippen LogP contribution in [0.1, 0.15) is 5.71 Å². The molecule has 0 atom stereocenters. The van der Waals surface area contributed by atoms with Crippen molar-refractivity contribution in [3.8, 4) is 0 Å². The minimum absolute atomic E-state index is 0. The summed E-state index contributed by atoms with van der Waals surface area (Å²) >= 11 is 0. The lowest BCUT2D eigenvalue weighted by molar-refractivity contribution is -0.302. The predicted octanol–water partition coefficient (Wildman–Crippen LogP) is -9.54. The monoisotopic (exact) mass is 309 g/mol. The smallest absolute Gasteiger partial charge is 0.835 e. The van der Waals surface area contributed by atoms with Crippen LogP contribution in [-0.2, 0) is 27.4 Å². The van der Waals surface area contributed by atoms with Crippen molar-refractivity contribution in [2.75, 3.05) is 0 Å². The molecule has 2 rings (SSSR count). The Labute approximate surface area is 119 Å². The molecule has 20 heavy (non-hydrogen) atoms. The molecule has 2 heterocycles. The molecule has 2 aliphatic rings. The zero-order chi connectivity index (χ0) is 11.1. The molecule has 0 unspecified atom stereocenters. The van der Waals surface area contributed by atoms with E-state index in [9.17, 15) is 20.1 Å². The molecule has 0 amide bonds. The molecule has 0 radical (unpaired) electrons. The van der Waals surface area contributed by atoms with E-state index < -0.39 is 36.2 Å². The fraction of sp³-hybridized carbons (Fsp3) is 0. The van der Waals surface area contributed by atoms with Gasteiger partial charge in [-0.15, -0.1) is 0 Å². The Morgan fingerprint density at radius 3 is 1.00 bits per heavy atom. The summed E-state index contributed by atoms with van der Waals surface area (Å²) in [5.41, 5.74) is 0. The summed E-state index contributed by atoms with van der Waals surface area (Å²) in [6, 6.07) is 0. The average Bonchev–Trinajstić information content (AvgIpc) is 1.96. The largest absolute Gasteiger partial charge is 1.00 e. The Bertz CT molecular complexity index is 208. The van der Waals surface area contributed by atoms with E-state index in [1.54, 1.807) is 0 Å². The topological polar surface area (TPSA) is 310 Å². The van der Waals surface area contributed by atoms with E-state index in [2.05, 4.69) is 27.4 Å². The highest BCUT2D eigenvalue weighted by molar-refractivity contribution is 6.80. The Morgan fingerprint density at radius 2 is 0.800 bits per heavy atom. The van der Waals surface area contributed by atoms with Crippen LogP contribution >= 0.6 is 0 Å². The van der Waals surface area contributed by atoms with Crippen molar-refractivity contribution < 1.29 is 75.1 Å². The van der Waals surface area contributed by atoms with Gasteiger partial charge < -0.3 is 75.6 Å². The fourth-order valence-corrected chi connectivity index (χ4v) is 1.05. The first-order chi connectivity index (χ1) is 6.99. The molecule has 0 aliphatic carbocycles. The van der Waals surface area contributed by atoms with Crippen molar-refractivity contribution in [3.63, 3.8) is 0 Å². The molecule has 0 aromatic rings. The lowest BCUT2D eigenvalue weighted by Gasteiger charge is -2.60. The second-order valence-corrected chi connectivity index (χ2v) is 2.55. The van der Waals surface area contributed by atoms with E-state index in [1.807, 2.05) is 0 Å². The van der Waals surface area contributed by atoms with Gasteiger partial charge in [0.25, 0.3) is 29.3 Å². The van der Waals surface area contributed by atoms with Gasteiger partial charge >= 0.3 is 12.7 Å². The second kappa shape index (κ2) is 10.5. The van der Waals surface area contributed by atoms with Gasteiger partial charge in [-0.05, 0) is 0 Å². The highest BCUT2D eigenvalue weighted by atomic mass is 17.0. The molecule has 15 nitrogen and oxygen atoms in total. The minimum atomic E-state index is -3.46. The van der Waals surface area contributed by atoms with Gasteiger partial charge in [0, 0.05) is 0 Å². The predicted molar refractivity (Wildman–Crippen MR) is 60.2 cm³/mol. The van der Waals surface area contributed by atoms with Crippen molar-refractivity contribution >= 4 is 36.2 Å². The van der Waals surface area contributed by atoms with E-state index in [-0.39, 0.29) is 33.8 Å². The van der Waals surface area contributed by atoms with Gasteiger partial charge in [-0.2, -0.15) is 0 Å². The van der Waals surface area contributed by atoms with Gasteiger partial charge in [0.1, 0.15) is 0 Å². The first kappa shape index (κ1) is 28.0. The summed E-state index contributed by atoms with van der Waals surface area (Å²) in [6.07, 6.45) is 0. The summed E-state index contributed by atoms with van der Waals surface area (Å²) < 4.78 is 24.9. The molecule has 20 heteroatoms. The summed E-state index contributed by atoms with van der Waals surface area (Å²) in [5.74, 6) is 0. The first-order valence-corrected chi connectivity index (χ1v) is 3.77. The van der Waals surface area contributed by atoms with E-state index in [1.165, 1.54) is 0 Å². The van der Waals surface area contributed by atoms with Crippen LogP contribution in [0.15, 0.2) is 0 Å². The molecule has 2 saturated heterocycles. The van der Waals surface area contributed by atoms with Crippen LogP contribution in [0.3, 0.4) is 0 Å². The van der Waals surface area contributed by atoms with Crippen molar-refractivity contribution in [3.05, 3.63) is 0 Å². The Morgan fingerprint density at radius 1 is 0.600 bits per heavy atom. The van der Waals surface area contributed by atoms with Crippen molar-refractivity contribution in [1.29, 1.82) is 0 Å². The van der Waals surface area contributed by atoms with E-state index >= 15 is 0 Å². The number of rotatable bonds is 0. The molecule has 12 N–H and O–H groups in total. The highest BCUT2D eigenvalue weighted by Gasteiger charge is 2.41. The minimum Gasteiger partial charge on any atom is -0.835 e. The number of quaternary nitrogens is 1. The normalized spacial score (nSPS) is 19.8. The zero-order valence-corrected chi connectivity index (χ0v) is 9.97. The first-order valence-electron chi connectivity index (χ1n) is 3.77. The van der Waals surface area contributed by atoms with Crippen LogP contribution in [0, 0.1) is 0 Å². The summed E-state index contributed by atoms with van der Waals surface area (Å²) in [7, 11) is -9.06. The molecule has 1 spiro atoms. The van der Waals surface area contributed by atoms with Gasteiger partial charge in [0.15, 0.2) is 0 Å². The van der Waals surface area contributed by atoms with E-state index in [0.29, 0.717) is 0 Å². The SMILES string of the molecule is O.O.O.O.[H+].[H+].[H+].[H+].[NH4+].[O-]B1OB([O-])O[B-]2(O1)OB([O-])OB([O-])O2. The maximum atomic E-state index is 10.7. The van der Waals surface area contributed by atoms with Crippen LogP contribution in [0.4, 0.5) is 0 Å². The van der Waals surface area contributed by atoms with Gasteiger partial charge in [0.05, 0.1) is 0 Å². The molecule has 2 fully saturated rings. The molecule has 0 aromatic heterocycles. The molecular formula is H16B5NO14. The lowest BCUT2D eigenvalue weighted by Crippen LogP contribution is -2.76. The highest BCUT2D eigenvalue weighted by Crippen LogP contribution is 2.21. The van der Waals surface area contributed by atoms with Crippen LogP contribution in [0.5, 0.6) is 0 Å². The second-order valence-electron chi connectivity index (χ2n) is 2.55. The van der Waals surface area contributed by atoms with Crippen LogP contribution in [0.2, 0.25) is 0 Å². The third-order valence-corrected chi connectivity index (χ3v) is 1.56. The van der Waals surface area contributed by atoms with Crippen LogP contribution in [-0.4, -0.2) is 58.1 Å².